The molecule has 0 unspecified atom stereocenters. The summed E-state index contributed by atoms with van der Waals surface area (Å²) in [6, 6.07) is 4.53. The molecule has 30 heavy (non-hydrogen) atoms. The molecule has 3 saturated heterocycles. The first kappa shape index (κ1) is 20.6. The van der Waals surface area contributed by atoms with Crippen molar-refractivity contribution >= 4 is 17.7 Å². The predicted molar refractivity (Wildman–Crippen MR) is 111 cm³/mol. The van der Waals surface area contributed by atoms with Crippen LogP contribution in [0.5, 0.6) is 0 Å². The van der Waals surface area contributed by atoms with Gasteiger partial charge in [-0.3, -0.25) is 19.2 Å². The lowest BCUT2D eigenvalue weighted by molar-refractivity contribution is -0.149. The van der Waals surface area contributed by atoms with Crippen molar-refractivity contribution < 1.29 is 14.4 Å². The van der Waals surface area contributed by atoms with Gasteiger partial charge in [-0.15, -0.1) is 0 Å². The minimum absolute atomic E-state index is 0.0119. The molecule has 0 bridgehead atoms. The van der Waals surface area contributed by atoms with Crippen molar-refractivity contribution in [1.82, 2.24) is 19.3 Å². The van der Waals surface area contributed by atoms with Gasteiger partial charge in [0.1, 0.15) is 6.54 Å². The topological polar surface area (TPSA) is 82.9 Å². The van der Waals surface area contributed by atoms with Crippen LogP contribution in [-0.2, 0) is 20.9 Å². The summed E-state index contributed by atoms with van der Waals surface area (Å²) in [4.78, 5) is 56.2. The molecule has 0 N–H and O–H groups in total. The van der Waals surface area contributed by atoms with Crippen LogP contribution in [0.25, 0.3) is 0 Å². The number of piperidine rings is 1. The van der Waals surface area contributed by atoms with Gasteiger partial charge in [0.05, 0.1) is 18.5 Å². The van der Waals surface area contributed by atoms with E-state index in [2.05, 4.69) is 0 Å². The molecule has 162 valence electrons. The number of hydrogen-bond acceptors (Lipinski definition) is 4. The van der Waals surface area contributed by atoms with Crippen LogP contribution in [0.3, 0.4) is 0 Å². The van der Waals surface area contributed by atoms with Gasteiger partial charge >= 0.3 is 0 Å². The van der Waals surface area contributed by atoms with E-state index in [0.717, 1.165) is 32.4 Å². The number of pyridine rings is 1. The summed E-state index contributed by atoms with van der Waals surface area (Å²) < 4.78 is 1.35. The third-order valence-electron chi connectivity index (χ3n) is 6.75. The molecule has 0 spiro atoms. The summed E-state index contributed by atoms with van der Waals surface area (Å²) in [7, 11) is 0. The molecule has 8 heteroatoms. The lowest BCUT2D eigenvalue weighted by atomic mass is 9.94. The van der Waals surface area contributed by atoms with Crippen LogP contribution in [0.1, 0.15) is 39.0 Å². The van der Waals surface area contributed by atoms with Crippen LogP contribution in [0.4, 0.5) is 0 Å². The van der Waals surface area contributed by atoms with E-state index in [1.807, 2.05) is 16.7 Å². The summed E-state index contributed by atoms with van der Waals surface area (Å²) in [6.07, 6.45) is 6.17. The maximum absolute atomic E-state index is 13.2. The van der Waals surface area contributed by atoms with Crippen LogP contribution >= 0.6 is 0 Å². The molecule has 3 amide bonds. The molecule has 8 nitrogen and oxygen atoms in total. The number of fused-ring (bicyclic) bond motifs is 1. The van der Waals surface area contributed by atoms with Gasteiger partial charge in [0.25, 0.3) is 5.56 Å². The van der Waals surface area contributed by atoms with Gasteiger partial charge in [-0.25, -0.2) is 0 Å². The molecule has 3 aliphatic rings. The Morgan fingerprint density at radius 1 is 1.07 bits per heavy atom. The van der Waals surface area contributed by atoms with Crippen molar-refractivity contribution in [2.45, 2.75) is 57.7 Å². The van der Waals surface area contributed by atoms with E-state index in [1.165, 1.54) is 17.1 Å². The normalized spacial score (nSPS) is 26.6. The first-order chi connectivity index (χ1) is 14.5. The molecule has 4 rings (SSSR count). The third kappa shape index (κ3) is 3.87. The smallest absolute Gasteiger partial charge is 0.250 e. The fourth-order valence-corrected chi connectivity index (χ4v) is 5.27. The van der Waals surface area contributed by atoms with Crippen molar-refractivity contribution in [1.29, 1.82) is 0 Å². The standard InChI is InChI=1S/C22H30N4O4/c1-2-18-17(22(30)23-9-5-3-6-10-23)12-16-13-25(15-21(29)26(16)18)20(28)14-24-11-7-4-8-19(24)27/h4,7-8,11,16-18H,2-3,5-6,9-10,12-15H2,1H3/t16-,17-,18-/m0/s1. The van der Waals surface area contributed by atoms with Gasteiger partial charge in [0.2, 0.25) is 17.7 Å². The van der Waals surface area contributed by atoms with Crippen molar-refractivity contribution in [3.05, 3.63) is 34.7 Å². The van der Waals surface area contributed by atoms with Gasteiger partial charge in [-0.2, -0.15) is 0 Å². The molecule has 0 radical (unpaired) electrons. The minimum atomic E-state index is -0.241. The number of piperazine rings is 1. The van der Waals surface area contributed by atoms with Crippen LogP contribution < -0.4 is 5.56 Å². The Morgan fingerprint density at radius 2 is 1.83 bits per heavy atom. The van der Waals surface area contributed by atoms with E-state index in [9.17, 15) is 19.2 Å². The van der Waals surface area contributed by atoms with E-state index >= 15 is 0 Å². The zero-order chi connectivity index (χ0) is 21.3. The number of carbonyl (C=O) groups is 3. The van der Waals surface area contributed by atoms with E-state index in [0.29, 0.717) is 13.0 Å². The fraction of sp³-hybridized carbons (Fsp3) is 0.636. The average Bonchev–Trinajstić information content (AvgIpc) is 3.14. The van der Waals surface area contributed by atoms with E-state index in [4.69, 9.17) is 0 Å². The maximum Gasteiger partial charge on any atom is 0.250 e. The van der Waals surface area contributed by atoms with Crippen LogP contribution in [-0.4, -0.2) is 75.3 Å². The Morgan fingerprint density at radius 3 is 2.53 bits per heavy atom. The third-order valence-corrected chi connectivity index (χ3v) is 6.75. The molecule has 1 aromatic rings. The van der Waals surface area contributed by atoms with Gasteiger partial charge < -0.3 is 19.3 Å². The van der Waals surface area contributed by atoms with Crippen molar-refractivity contribution in [2.75, 3.05) is 26.2 Å². The number of rotatable bonds is 4. The SMILES string of the molecule is CC[C@H]1[C@@H](C(=O)N2CCCCC2)C[C@H]2CN(C(=O)Cn3ccccc3=O)CC(=O)N21. The fourth-order valence-electron chi connectivity index (χ4n) is 5.27. The monoisotopic (exact) mass is 414 g/mol. The number of nitrogens with zero attached hydrogens (tertiary/aromatic N) is 4. The molecule has 3 fully saturated rings. The van der Waals surface area contributed by atoms with E-state index < -0.39 is 0 Å². The zero-order valence-electron chi connectivity index (χ0n) is 17.5. The van der Waals surface area contributed by atoms with Crippen molar-refractivity contribution in [2.24, 2.45) is 5.92 Å². The first-order valence-corrected chi connectivity index (χ1v) is 11.0. The maximum atomic E-state index is 13.2. The number of amides is 3. The summed E-state index contributed by atoms with van der Waals surface area (Å²) in [5.41, 5.74) is -0.241. The molecule has 0 saturated carbocycles. The van der Waals surface area contributed by atoms with Gasteiger partial charge in [0.15, 0.2) is 0 Å². The Balaban J connectivity index is 1.47. The number of carbonyl (C=O) groups excluding carboxylic acids is 3. The minimum Gasteiger partial charge on any atom is -0.342 e. The van der Waals surface area contributed by atoms with E-state index in [1.54, 1.807) is 23.2 Å². The lowest BCUT2D eigenvalue weighted by Gasteiger charge is -2.40. The highest BCUT2D eigenvalue weighted by Gasteiger charge is 2.50. The van der Waals surface area contributed by atoms with E-state index in [-0.39, 0.29) is 54.4 Å². The summed E-state index contributed by atoms with van der Waals surface area (Å²) in [5, 5.41) is 0. The summed E-state index contributed by atoms with van der Waals surface area (Å²) in [6.45, 7) is 4.00. The molecular formula is C22H30N4O4. The molecule has 4 heterocycles. The number of aromatic nitrogens is 1. The zero-order valence-corrected chi connectivity index (χ0v) is 17.5. The second kappa shape index (κ2) is 8.62. The summed E-state index contributed by atoms with van der Waals surface area (Å²) >= 11 is 0. The first-order valence-electron chi connectivity index (χ1n) is 11.0. The quantitative estimate of drug-likeness (QED) is 0.726. The second-order valence-corrected chi connectivity index (χ2v) is 8.60. The van der Waals surface area contributed by atoms with Crippen molar-refractivity contribution in [3.8, 4) is 0 Å². The van der Waals surface area contributed by atoms with Gasteiger partial charge in [0, 0.05) is 37.9 Å². The van der Waals surface area contributed by atoms with Crippen LogP contribution in [0.2, 0.25) is 0 Å². The number of hydrogen-bond donors (Lipinski definition) is 0. The predicted octanol–water partition coefficient (Wildman–Crippen LogP) is 0.699. The Kier molecular flexibility index (Phi) is 5.92. The molecular weight excluding hydrogens is 384 g/mol. The molecule has 0 aliphatic carbocycles. The Hall–Kier alpha value is -2.64. The highest BCUT2D eigenvalue weighted by atomic mass is 16.2. The molecule has 1 aromatic heterocycles. The average molecular weight is 415 g/mol. The van der Waals surface area contributed by atoms with Crippen LogP contribution in [0, 0.1) is 5.92 Å². The molecule has 3 atom stereocenters. The Bertz CT molecular complexity index is 876. The number of likely N-dealkylation sites (tertiary alicyclic amines) is 1. The van der Waals surface area contributed by atoms with Crippen LogP contribution in [0.15, 0.2) is 29.2 Å². The second-order valence-electron chi connectivity index (χ2n) is 8.60. The highest BCUT2D eigenvalue weighted by Crippen LogP contribution is 2.36. The summed E-state index contributed by atoms with van der Waals surface area (Å²) in [5.74, 6) is -0.359. The van der Waals surface area contributed by atoms with Gasteiger partial charge in [-0.05, 0) is 38.2 Å². The largest absolute Gasteiger partial charge is 0.342 e. The van der Waals surface area contributed by atoms with Gasteiger partial charge in [-0.1, -0.05) is 13.0 Å². The Labute approximate surface area is 176 Å². The van der Waals surface area contributed by atoms with Crippen molar-refractivity contribution in [3.63, 3.8) is 0 Å². The molecule has 0 aromatic carbocycles. The molecule has 3 aliphatic heterocycles. The highest BCUT2D eigenvalue weighted by molar-refractivity contribution is 5.88. The lowest BCUT2D eigenvalue weighted by Crippen LogP contribution is -2.58.